The lowest BCUT2D eigenvalue weighted by Gasteiger charge is -2.34. The van der Waals surface area contributed by atoms with Gasteiger partial charge in [-0.3, -0.25) is 0 Å². The second-order valence-corrected chi connectivity index (χ2v) is 5.31. The number of piperidine rings is 1. The number of nitrogens with one attached hydrogen (secondary N) is 1. The Morgan fingerprint density at radius 2 is 1.91 bits per heavy atom. The molecule has 1 heterocycles. The fourth-order valence-corrected chi connectivity index (χ4v) is 2.90. The third-order valence-electron chi connectivity index (χ3n) is 3.48. The van der Waals surface area contributed by atoms with E-state index in [0.717, 1.165) is 17.9 Å². The van der Waals surface area contributed by atoms with E-state index in [1.165, 1.54) is 19.4 Å². The molecule has 1 aliphatic heterocycles. The van der Waals surface area contributed by atoms with Gasteiger partial charge < -0.3 is 5.32 Å². The zero-order valence-corrected chi connectivity index (χ0v) is 7.85. The molecule has 3 unspecified atom stereocenters. The van der Waals surface area contributed by atoms with E-state index in [1.54, 1.807) is 0 Å². The van der Waals surface area contributed by atoms with Crippen LogP contribution in [-0.2, 0) is 0 Å². The van der Waals surface area contributed by atoms with Gasteiger partial charge in [-0.05, 0) is 36.6 Å². The first-order valence-corrected chi connectivity index (χ1v) is 4.81. The summed E-state index contributed by atoms with van der Waals surface area (Å²) in [7, 11) is 0. The molecule has 1 saturated heterocycles. The first-order valence-electron chi connectivity index (χ1n) is 4.81. The second-order valence-electron chi connectivity index (χ2n) is 5.31. The molecule has 1 heteroatoms. The largest absolute Gasteiger partial charge is 0.314 e. The highest BCUT2D eigenvalue weighted by atomic mass is 15.0. The van der Waals surface area contributed by atoms with Gasteiger partial charge in [0.2, 0.25) is 0 Å². The van der Waals surface area contributed by atoms with Crippen molar-refractivity contribution in [2.24, 2.45) is 17.3 Å². The SMILES string of the molecule is CC(C)(C)C1CC2CC1CN2. The summed E-state index contributed by atoms with van der Waals surface area (Å²) in [6.07, 6.45) is 2.87. The molecule has 2 aliphatic rings. The van der Waals surface area contributed by atoms with E-state index in [2.05, 4.69) is 26.1 Å². The lowest BCUT2D eigenvalue weighted by molar-refractivity contribution is 0.170. The maximum Gasteiger partial charge on any atom is 0.00733 e. The summed E-state index contributed by atoms with van der Waals surface area (Å²) in [5.74, 6) is 1.97. The van der Waals surface area contributed by atoms with Crippen LogP contribution in [0.2, 0.25) is 0 Å². The molecule has 0 radical (unpaired) electrons. The van der Waals surface area contributed by atoms with Gasteiger partial charge in [0, 0.05) is 6.04 Å². The standard InChI is InChI=1S/C10H19N/c1-10(2,3)9-5-8-4-7(9)6-11-8/h7-9,11H,4-6H2,1-3H3. The Balaban J connectivity index is 2.08. The molecule has 0 aromatic heterocycles. The zero-order chi connectivity index (χ0) is 8.06. The van der Waals surface area contributed by atoms with Gasteiger partial charge in [0.05, 0.1) is 0 Å². The van der Waals surface area contributed by atoms with Crippen LogP contribution in [0, 0.1) is 17.3 Å². The lowest BCUT2D eigenvalue weighted by atomic mass is 9.74. The molecule has 2 bridgehead atoms. The van der Waals surface area contributed by atoms with Crippen molar-refractivity contribution in [2.45, 2.75) is 39.7 Å². The van der Waals surface area contributed by atoms with Crippen LogP contribution in [0.1, 0.15) is 33.6 Å². The van der Waals surface area contributed by atoms with Gasteiger partial charge in [-0.15, -0.1) is 0 Å². The number of rotatable bonds is 0. The molecule has 1 N–H and O–H groups in total. The van der Waals surface area contributed by atoms with Crippen LogP contribution in [-0.4, -0.2) is 12.6 Å². The molecule has 1 saturated carbocycles. The Morgan fingerprint density at radius 1 is 1.18 bits per heavy atom. The average molecular weight is 153 g/mol. The van der Waals surface area contributed by atoms with Crippen molar-refractivity contribution in [2.75, 3.05) is 6.54 Å². The summed E-state index contributed by atoms with van der Waals surface area (Å²) in [6.45, 7) is 8.45. The van der Waals surface area contributed by atoms with Gasteiger partial charge in [0.25, 0.3) is 0 Å². The van der Waals surface area contributed by atoms with Gasteiger partial charge in [0.15, 0.2) is 0 Å². The minimum absolute atomic E-state index is 0.543. The van der Waals surface area contributed by atoms with Gasteiger partial charge >= 0.3 is 0 Å². The van der Waals surface area contributed by atoms with Crippen molar-refractivity contribution in [3.05, 3.63) is 0 Å². The monoisotopic (exact) mass is 153 g/mol. The number of hydrogen-bond donors (Lipinski definition) is 1. The van der Waals surface area contributed by atoms with Gasteiger partial charge in [-0.1, -0.05) is 20.8 Å². The van der Waals surface area contributed by atoms with Gasteiger partial charge in [-0.25, -0.2) is 0 Å². The molecule has 11 heavy (non-hydrogen) atoms. The van der Waals surface area contributed by atoms with Crippen molar-refractivity contribution < 1.29 is 0 Å². The smallest absolute Gasteiger partial charge is 0.00733 e. The maximum atomic E-state index is 3.56. The number of hydrogen-bond acceptors (Lipinski definition) is 1. The summed E-state index contributed by atoms with van der Waals surface area (Å²) in [5, 5.41) is 3.56. The van der Waals surface area contributed by atoms with E-state index in [9.17, 15) is 0 Å². The maximum absolute atomic E-state index is 3.56. The topological polar surface area (TPSA) is 12.0 Å². The van der Waals surface area contributed by atoms with E-state index < -0.39 is 0 Å². The van der Waals surface area contributed by atoms with Gasteiger partial charge in [0.1, 0.15) is 0 Å². The minimum Gasteiger partial charge on any atom is -0.314 e. The van der Waals surface area contributed by atoms with Crippen LogP contribution in [0.25, 0.3) is 0 Å². The Kier molecular flexibility index (Phi) is 1.54. The quantitative estimate of drug-likeness (QED) is 0.561. The van der Waals surface area contributed by atoms with Crippen LogP contribution in [0.3, 0.4) is 0 Å². The van der Waals surface area contributed by atoms with Crippen molar-refractivity contribution in [1.82, 2.24) is 5.32 Å². The fraction of sp³-hybridized carbons (Fsp3) is 1.00. The van der Waals surface area contributed by atoms with Crippen molar-refractivity contribution in [1.29, 1.82) is 0 Å². The normalized spacial score (nSPS) is 43.4. The van der Waals surface area contributed by atoms with Crippen LogP contribution in [0.4, 0.5) is 0 Å². The average Bonchev–Trinajstić information content (AvgIpc) is 2.42. The highest BCUT2D eigenvalue weighted by Gasteiger charge is 2.44. The molecule has 64 valence electrons. The molecule has 0 aromatic rings. The fourth-order valence-electron chi connectivity index (χ4n) is 2.90. The Labute approximate surface area is 69.6 Å². The van der Waals surface area contributed by atoms with Crippen LogP contribution >= 0.6 is 0 Å². The molecule has 1 aliphatic carbocycles. The molecule has 2 fully saturated rings. The molecule has 0 spiro atoms. The predicted molar refractivity (Wildman–Crippen MR) is 47.5 cm³/mol. The lowest BCUT2D eigenvalue weighted by Crippen LogP contribution is -2.35. The van der Waals surface area contributed by atoms with E-state index in [1.807, 2.05) is 0 Å². The molecular weight excluding hydrogens is 134 g/mol. The molecule has 0 amide bonds. The van der Waals surface area contributed by atoms with E-state index in [-0.39, 0.29) is 0 Å². The summed E-state index contributed by atoms with van der Waals surface area (Å²) in [5.41, 5.74) is 0.543. The molecular formula is C10H19N. The predicted octanol–water partition coefficient (Wildman–Crippen LogP) is 2.03. The van der Waals surface area contributed by atoms with E-state index in [4.69, 9.17) is 0 Å². The highest BCUT2D eigenvalue weighted by molar-refractivity contribution is 4.98. The summed E-state index contributed by atoms with van der Waals surface area (Å²) in [6, 6.07) is 0.865. The number of fused-ring (bicyclic) bond motifs is 2. The Bertz CT molecular complexity index is 157. The highest BCUT2D eigenvalue weighted by Crippen LogP contribution is 2.46. The summed E-state index contributed by atoms with van der Waals surface area (Å²) in [4.78, 5) is 0. The van der Waals surface area contributed by atoms with Crippen molar-refractivity contribution >= 4 is 0 Å². The summed E-state index contributed by atoms with van der Waals surface area (Å²) < 4.78 is 0. The van der Waals surface area contributed by atoms with Gasteiger partial charge in [-0.2, -0.15) is 0 Å². The van der Waals surface area contributed by atoms with Crippen molar-refractivity contribution in [3.8, 4) is 0 Å². The minimum atomic E-state index is 0.543. The van der Waals surface area contributed by atoms with Crippen LogP contribution < -0.4 is 5.32 Å². The van der Waals surface area contributed by atoms with E-state index >= 15 is 0 Å². The van der Waals surface area contributed by atoms with Crippen LogP contribution in [0.5, 0.6) is 0 Å². The summed E-state index contributed by atoms with van der Waals surface area (Å²) >= 11 is 0. The Hall–Kier alpha value is -0.0400. The molecule has 0 aromatic carbocycles. The Morgan fingerprint density at radius 3 is 2.18 bits per heavy atom. The second kappa shape index (κ2) is 2.22. The third-order valence-corrected chi connectivity index (χ3v) is 3.48. The zero-order valence-electron chi connectivity index (χ0n) is 7.85. The molecule has 3 atom stereocenters. The third kappa shape index (κ3) is 1.20. The first kappa shape index (κ1) is 7.60. The van der Waals surface area contributed by atoms with Crippen LogP contribution in [0.15, 0.2) is 0 Å². The molecule has 1 nitrogen and oxygen atoms in total. The van der Waals surface area contributed by atoms with Crippen molar-refractivity contribution in [3.63, 3.8) is 0 Å². The van der Waals surface area contributed by atoms with E-state index in [0.29, 0.717) is 5.41 Å². The molecule has 2 rings (SSSR count). The first-order chi connectivity index (χ1) is 5.07.